The largest absolute Gasteiger partial charge is 0.475 e. The minimum atomic E-state index is 0.141. The molecular formula is C14H22BrN3O. The predicted octanol–water partition coefficient (Wildman–Crippen LogP) is 3.41. The van der Waals surface area contributed by atoms with Crippen molar-refractivity contribution in [3.63, 3.8) is 0 Å². The molecular weight excluding hydrogens is 306 g/mol. The van der Waals surface area contributed by atoms with Gasteiger partial charge in [0.15, 0.2) is 0 Å². The molecule has 0 aliphatic heterocycles. The smallest absolute Gasteiger partial charge is 0.218 e. The van der Waals surface area contributed by atoms with Gasteiger partial charge in [0.25, 0.3) is 0 Å². The van der Waals surface area contributed by atoms with Gasteiger partial charge in [0.1, 0.15) is 12.1 Å². The van der Waals surface area contributed by atoms with Gasteiger partial charge in [-0.2, -0.15) is 0 Å². The molecule has 0 bridgehead atoms. The van der Waals surface area contributed by atoms with Crippen LogP contribution in [-0.2, 0) is 0 Å². The highest BCUT2D eigenvalue weighted by atomic mass is 79.9. The summed E-state index contributed by atoms with van der Waals surface area (Å²) in [5.41, 5.74) is 0. The zero-order valence-electron chi connectivity index (χ0n) is 11.7. The monoisotopic (exact) mass is 327 g/mol. The average molecular weight is 328 g/mol. The van der Waals surface area contributed by atoms with Crippen molar-refractivity contribution < 1.29 is 4.74 Å². The highest BCUT2D eigenvalue weighted by Gasteiger charge is 2.26. The second kappa shape index (κ2) is 7.08. The van der Waals surface area contributed by atoms with Crippen LogP contribution in [0.5, 0.6) is 5.88 Å². The zero-order chi connectivity index (χ0) is 13.7. The van der Waals surface area contributed by atoms with Crippen LogP contribution in [0, 0.1) is 0 Å². The molecule has 0 spiro atoms. The zero-order valence-corrected chi connectivity index (χ0v) is 13.3. The van der Waals surface area contributed by atoms with Gasteiger partial charge in [0, 0.05) is 24.0 Å². The van der Waals surface area contributed by atoms with E-state index in [1.165, 1.54) is 19.3 Å². The molecule has 1 aliphatic carbocycles. The third-order valence-corrected chi connectivity index (χ3v) is 3.89. The number of anilines is 1. The van der Waals surface area contributed by atoms with E-state index in [1.807, 2.05) is 19.9 Å². The summed E-state index contributed by atoms with van der Waals surface area (Å²) in [7, 11) is 0. The van der Waals surface area contributed by atoms with E-state index in [0.717, 1.165) is 24.1 Å². The van der Waals surface area contributed by atoms with Gasteiger partial charge in [-0.25, -0.2) is 9.97 Å². The van der Waals surface area contributed by atoms with Crippen molar-refractivity contribution in [2.24, 2.45) is 0 Å². The summed E-state index contributed by atoms with van der Waals surface area (Å²) >= 11 is 3.50. The van der Waals surface area contributed by atoms with Crippen molar-refractivity contribution in [3.8, 4) is 5.88 Å². The molecule has 1 aliphatic rings. The maximum Gasteiger partial charge on any atom is 0.218 e. The van der Waals surface area contributed by atoms with Crippen LogP contribution in [0.2, 0.25) is 0 Å². The number of ether oxygens (including phenoxy) is 1. The van der Waals surface area contributed by atoms with Gasteiger partial charge in [0.2, 0.25) is 5.88 Å². The molecule has 4 nitrogen and oxygen atoms in total. The van der Waals surface area contributed by atoms with E-state index < -0.39 is 0 Å². The lowest BCUT2D eigenvalue weighted by atomic mass is 9.91. The minimum Gasteiger partial charge on any atom is -0.475 e. The topological polar surface area (TPSA) is 38.2 Å². The summed E-state index contributed by atoms with van der Waals surface area (Å²) in [5, 5.41) is 1.02. The number of aromatic nitrogens is 2. The molecule has 1 saturated carbocycles. The molecule has 1 fully saturated rings. The number of nitrogens with zero attached hydrogens (tertiary/aromatic N) is 3. The first-order valence-electron chi connectivity index (χ1n) is 7.02. The second-order valence-electron chi connectivity index (χ2n) is 5.20. The fourth-order valence-corrected chi connectivity index (χ4v) is 2.46. The molecule has 0 N–H and O–H groups in total. The maximum atomic E-state index is 5.65. The number of alkyl halides is 1. The van der Waals surface area contributed by atoms with Crippen LogP contribution in [0.3, 0.4) is 0 Å². The summed E-state index contributed by atoms with van der Waals surface area (Å²) in [6, 6.07) is 2.60. The first kappa shape index (κ1) is 14.6. The lowest BCUT2D eigenvalue weighted by Gasteiger charge is -2.38. The maximum absolute atomic E-state index is 5.65. The van der Waals surface area contributed by atoms with E-state index in [2.05, 4.69) is 30.8 Å². The van der Waals surface area contributed by atoms with Crippen LogP contribution >= 0.6 is 15.9 Å². The molecule has 0 aromatic carbocycles. The van der Waals surface area contributed by atoms with Crippen LogP contribution in [0.25, 0.3) is 0 Å². The van der Waals surface area contributed by atoms with Crippen LogP contribution < -0.4 is 9.64 Å². The highest BCUT2D eigenvalue weighted by Crippen LogP contribution is 2.29. The van der Waals surface area contributed by atoms with Crippen molar-refractivity contribution in [2.75, 3.05) is 16.8 Å². The second-order valence-corrected chi connectivity index (χ2v) is 5.99. The quantitative estimate of drug-likeness (QED) is 0.719. The number of halogens is 1. The Hall–Kier alpha value is -0.840. The standard InChI is InChI=1S/C14H22BrN3O/c1-11(2)19-14-9-13(16-10-17-14)18(8-4-7-15)12-5-3-6-12/h9-12H,3-8H2,1-2H3. The third-order valence-electron chi connectivity index (χ3n) is 3.33. The van der Waals surface area contributed by atoms with Gasteiger partial charge in [0.05, 0.1) is 6.10 Å². The lowest BCUT2D eigenvalue weighted by molar-refractivity contribution is 0.232. The molecule has 0 unspecified atom stereocenters. The van der Waals surface area contributed by atoms with E-state index in [-0.39, 0.29) is 6.10 Å². The molecule has 5 heteroatoms. The van der Waals surface area contributed by atoms with Gasteiger partial charge in [-0.3, -0.25) is 0 Å². The van der Waals surface area contributed by atoms with Crippen LogP contribution in [0.4, 0.5) is 5.82 Å². The van der Waals surface area contributed by atoms with Crippen molar-refractivity contribution in [2.45, 2.75) is 51.7 Å². The Morgan fingerprint density at radius 1 is 1.42 bits per heavy atom. The summed E-state index contributed by atoms with van der Waals surface area (Å²) in [5.74, 6) is 1.67. The Balaban J connectivity index is 2.10. The molecule has 19 heavy (non-hydrogen) atoms. The van der Waals surface area contributed by atoms with E-state index in [0.29, 0.717) is 11.9 Å². The van der Waals surface area contributed by atoms with Crippen molar-refractivity contribution in [1.29, 1.82) is 0 Å². The van der Waals surface area contributed by atoms with Crippen LogP contribution in [0.15, 0.2) is 12.4 Å². The Labute approximate surface area is 123 Å². The summed E-state index contributed by atoms with van der Waals surface area (Å²) in [6.07, 6.45) is 6.74. The normalized spacial score (nSPS) is 15.4. The van der Waals surface area contributed by atoms with E-state index in [9.17, 15) is 0 Å². The van der Waals surface area contributed by atoms with Crippen molar-refractivity contribution in [1.82, 2.24) is 9.97 Å². The van der Waals surface area contributed by atoms with Gasteiger partial charge in [-0.05, 0) is 39.5 Å². The van der Waals surface area contributed by atoms with E-state index in [1.54, 1.807) is 6.33 Å². The molecule has 0 radical (unpaired) electrons. The molecule has 0 amide bonds. The summed E-state index contributed by atoms with van der Waals surface area (Å²) < 4.78 is 5.65. The molecule has 106 valence electrons. The molecule has 2 rings (SSSR count). The van der Waals surface area contributed by atoms with Gasteiger partial charge in [-0.1, -0.05) is 15.9 Å². The van der Waals surface area contributed by atoms with Crippen LogP contribution in [-0.4, -0.2) is 34.0 Å². The Morgan fingerprint density at radius 2 is 2.21 bits per heavy atom. The molecule has 0 atom stereocenters. The Bertz CT molecular complexity index is 396. The Kier molecular flexibility index (Phi) is 5.43. The number of hydrogen-bond acceptors (Lipinski definition) is 4. The van der Waals surface area contributed by atoms with Gasteiger partial charge < -0.3 is 9.64 Å². The average Bonchev–Trinajstić information content (AvgIpc) is 2.31. The summed E-state index contributed by atoms with van der Waals surface area (Å²) in [6.45, 7) is 5.06. The van der Waals surface area contributed by atoms with Gasteiger partial charge in [-0.15, -0.1) is 0 Å². The molecule has 0 saturated heterocycles. The SMILES string of the molecule is CC(C)Oc1cc(N(CCCBr)C2CCC2)ncn1. The lowest BCUT2D eigenvalue weighted by Crippen LogP contribution is -2.41. The fraction of sp³-hybridized carbons (Fsp3) is 0.714. The van der Waals surface area contributed by atoms with Crippen molar-refractivity contribution in [3.05, 3.63) is 12.4 Å². The van der Waals surface area contributed by atoms with Crippen LogP contribution in [0.1, 0.15) is 39.5 Å². The van der Waals surface area contributed by atoms with Gasteiger partial charge >= 0.3 is 0 Å². The molecule has 1 aromatic heterocycles. The highest BCUT2D eigenvalue weighted by molar-refractivity contribution is 9.09. The molecule has 1 heterocycles. The van der Waals surface area contributed by atoms with E-state index in [4.69, 9.17) is 4.74 Å². The predicted molar refractivity (Wildman–Crippen MR) is 81.2 cm³/mol. The first-order chi connectivity index (χ1) is 9.20. The minimum absolute atomic E-state index is 0.141. The van der Waals surface area contributed by atoms with E-state index >= 15 is 0 Å². The molecule has 1 aromatic rings. The Morgan fingerprint density at radius 3 is 2.79 bits per heavy atom. The van der Waals surface area contributed by atoms with Crippen molar-refractivity contribution >= 4 is 21.7 Å². The number of rotatable bonds is 7. The first-order valence-corrected chi connectivity index (χ1v) is 8.14. The fourth-order valence-electron chi connectivity index (χ4n) is 2.21. The third kappa shape index (κ3) is 4.06. The number of hydrogen-bond donors (Lipinski definition) is 0. The summed E-state index contributed by atoms with van der Waals surface area (Å²) in [4.78, 5) is 11.0.